The third-order valence-corrected chi connectivity index (χ3v) is 2.77. The summed E-state index contributed by atoms with van der Waals surface area (Å²) in [7, 11) is 0. The fraction of sp³-hybridized carbons (Fsp3) is 0.769. The SMILES string of the molecule is CC(C)(C)OC1CCCC(Cn2ccnc2)O1. The Morgan fingerprint density at radius 3 is 2.88 bits per heavy atom. The lowest BCUT2D eigenvalue weighted by atomic mass is 10.1. The summed E-state index contributed by atoms with van der Waals surface area (Å²) >= 11 is 0. The normalized spacial score (nSPS) is 26.1. The molecule has 1 aromatic heterocycles. The summed E-state index contributed by atoms with van der Waals surface area (Å²) in [6.45, 7) is 7.06. The number of aromatic nitrogens is 2. The van der Waals surface area contributed by atoms with Crippen molar-refractivity contribution in [1.82, 2.24) is 9.55 Å². The molecule has 1 saturated heterocycles. The molecule has 4 nitrogen and oxygen atoms in total. The molecule has 0 aliphatic carbocycles. The maximum atomic E-state index is 5.96. The monoisotopic (exact) mass is 238 g/mol. The first-order valence-corrected chi connectivity index (χ1v) is 6.32. The fourth-order valence-electron chi connectivity index (χ4n) is 2.11. The molecule has 0 bridgehead atoms. The lowest BCUT2D eigenvalue weighted by Gasteiger charge is -2.34. The van der Waals surface area contributed by atoms with Gasteiger partial charge in [-0.25, -0.2) is 4.98 Å². The van der Waals surface area contributed by atoms with Gasteiger partial charge in [0.05, 0.1) is 18.0 Å². The van der Waals surface area contributed by atoms with Crippen LogP contribution >= 0.6 is 0 Å². The smallest absolute Gasteiger partial charge is 0.158 e. The number of hydrogen-bond acceptors (Lipinski definition) is 3. The molecule has 0 saturated carbocycles. The summed E-state index contributed by atoms with van der Waals surface area (Å²) in [6, 6.07) is 0. The molecule has 1 aliphatic rings. The van der Waals surface area contributed by atoms with Crippen molar-refractivity contribution in [1.29, 1.82) is 0 Å². The van der Waals surface area contributed by atoms with E-state index in [1.165, 1.54) is 6.42 Å². The molecule has 1 aliphatic heterocycles. The van der Waals surface area contributed by atoms with Gasteiger partial charge in [-0.1, -0.05) is 0 Å². The zero-order chi connectivity index (χ0) is 12.3. The zero-order valence-corrected chi connectivity index (χ0v) is 10.9. The Hall–Kier alpha value is -0.870. The van der Waals surface area contributed by atoms with Crippen LogP contribution in [0.5, 0.6) is 0 Å². The molecule has 4 heteroatoms. The van der Waals surface area contributed by atoms with E-state index in [1.807, 2.05) is 12.5 Å². The topological polar surface area (TPSA) is 36.3 Å². The highest BCUT2D eigenvalue weighted by molar-refractivity contribution is 4.77. The number of ether oxygens (including phenoxy) is 2. The van der Waals surface area contributed by atoms with Gasteiger partial charge in [-0.05, 0) is 40.0 Å². The van der Waals surface area contributed by atoms with Crippen LogP contribution in [0.15, 0.2) is 18.7 Å². The van der Waals surface area contributed by atoms with Gasteiger partial charge in [-0.2, -0.15) is 0 Å². The van der Waals surface area contributed by atoms with Crippen LogP contribution in [0.4, 0.5) is 0 Å². The third-order valence-electron chi connectivity index (χ3n) is 2.77. The quantitative estimate of drug-likeness (QED) is 0.812. The van der Waals surface area contributed by atoms with Crippen molar-refractivity contribution in [3.8, 4) is 0 Å². The average molecular weight is 238 g/mol. The molecule has 0 radical (unpaired) electrons. The summed E-state index contributed by atoms with van der Waals surface area (Å²) in [5, 5.41) is 0. The predicted molar refractivity (Wildman–Crippen MR) is 65.6 cm³/mol. The van der Waals surface area contributed by atoms with Crippen LogP contribution in [0.1, 0.15) is 40.0 Å². The standard InChI is InChI=1S/C13H22N2O2/c1-13(2,3)17-12-6-4-5-11(16-12)9-15-8-7-14-10-15/h7-8,10-12H,4-6,9H2,1-3H3. The van der Waals surface area contributed by atoms with E-state index in [1.54, 1.807) is 6.20 Å². The van der Waals surface area contributed by atoms with Crippen LogP contribution in [0.25, 0.3) is 0 Å². The van der Waals surface area contributed by atoms with Gasteiger partial charge in [0.2, 0.25) is 0 Å². The van der Waals surface area contributed by atoms with E-state index in [9.17, 15) is 0 Å². The van der Waals surface area contributed by atoms with Gasteiger partial charge in [-0.3, -0.25) is 0 Å². The van der Waals surface area contributed by atoms with Crippen molar-refractivity contribution in [2.75, 3.05) is 0 Å². The van der Waals surface area contributed by atoms with Crippen LogP contribution in [0, 0.1) is 0 Å². The molecule has 0 aromatic carbocycles. The van der Waals surface area contributed by atoms with Gasteiger partial charge in [0.1, 0.15) is 0 Å². The molecule has 96 valence electrons. The molecular formula is C13H22N2O2. The van der Waals surface area contributed by atoms with Crippen molar-refractivity contribution < 1.29 is 9.47 Å². The van der Waals surface area contributed by atoms with Crippen molar-refractivity contribution in [3.05, 3.63) is 18.7 Å². The number of nitrogens with zero attached hydrogens (tertiary/aromatic N) is 2. The highest BCUT2D eigenvalue weighted by atomic mass is 16.7. The van der Waals surface area contributed by atoms with E-state index in [2.05, 4.69) is 30.3 Å². The molecule has 17 heavy (non-hydrogen) atoms. The van der Waals surface area contributed by atoms with Gasteiger partial charge in [0.15, 0.2) is 6.29 Å². The Morgan fingerprint density at radius 1 is 1.41 bits per heavy atom. The summed E-state index contributed by atoms with van der Waals surface area (Å²) in [5.41, 5.74) is -0.137. The van der Waals surface area contributed by atoms with E-state index in [4.69, 9.17) is 9.47 Å². The van der Waals surface area contributed by atoms with E-state index in [0.29, 0.717) is 0 Å². The summed E-state index contributed by atoms with van der Waals surface area (Å²) in [6.07, 6.45) is 9.05. The minimum absolute atomic E-state index is 0.0581. The van der Waals surface area contributed by atoms with Gasteiger partial charge >= 0.3 is 0 Å². The Balaban J connectivity index is 1.84. The van der Waals surface area contributed by atoms with Crippen LogP contribution < -0.4 is 0 Å². The van der Waals surface area contributed by atoms with Gasteiger partial charge < -0.3 is 14.0 Å². The van der Waals surface area contributed by atoms with Crippen molar-refractivity contribution in [2.45, 2.75) is 64.6 Å². The number of hydrogen-bond donors (Lipinski definition) is 0. The minimum Gasteiger partial charge on any atom is -0.348 e. The van der Waals surface area contributed by atoms with E-state index in [-0.39, 0.29) is 18.0 Å². The van der Waals surface area contributed by atoms with Gasteiger partial charge in [0.25, 0.3) is 0 Å². The molecule has 0 N–H and O–H groups in total. The van der Waals surface area contributed by atoms with Crippen molar-refractivity contribution in [2.24, 2.45) is 0 Å². The van der Waals surface area contributed by atoms with Crippen LogP contribution in [-0.2, 0) is 16.0 Å². The van der Waals surface area contributed by atoms with Crippen LogP contribution in [-0.4, -0.2) is 27.5 Å². The predicted octanol–water partition coefficient (Wildman–Crippen LogP) is 2.59. The third kappa shape index (κ3) is 4.13. The molecule has 2 atom stereocenters. The maximum absolute atomic E-state index is 5.96. The second-order valence-corrected chi connectivity index (χ2v) is 5.61. The zero-order valence-electron chi connectivity index (χ0n) is 10.9. The van der Waals surface area contributed by atoms with Crippen LogP contribution in [0.2, 0.25) is 0 Å². The molecule has 0 spiro atoms. The second kappa shape index (κ2) is 5.19. The second-order valence-electron chi connectivity index (χ2n) is 5.61. The van der Waals surface area contributed by atoms with Crippen molar-refractivity contribution >= 4 is 0 Å². The first kappa shape index (κ1) is 12.6. The molecule has 0 amide bonds. The Morgan fingerprint density at radius 2 is 2.24 bits per heavy atom. The fourth-order valence-corrected chi connectivity index (χ4v) is 2.11. The molecule has 2 unspecified atom stereocenters. The van der Waals surface area contributed by atoms with Gasteiger partial charge in [-0.15, -0.1) is 0 Å². The Bertz CT molecular complexity index is 330. The molecule has 2 rings (SSSR count). The van der Waals surface area contributed by atoms with Gasteiger partial charge in [0, 0.05) is 18.9 Å². The molecule has 2 heterocycles. The minimum atomic E-state index is -0.137. The first-order chi connectivity index (χ1) is 8.03. The first-order valence-electron chi connectivity index (χ1n) is 6.32. The average Bonchev–Trinajstić information content (AvgIpc) is 2.68. The highest BCUT2D eigenvalue weighted by Crippen LogP contribution is 2.24. The lowest BCUT2D eigenvalue weighted by Crippen LogP contribution is -2.37. The number of rotatable bonds is 3. The summed E-state index contributed by atoms with van der Waals surface area (Å²) in [5.74, 6) is 0. The molecular weight excluding hydrogens is 216 g/mol. The lowest BCUT2D eigenvalue weighted by molar-refractivity contribution is -0.235. The molecule has 1 fully saturated rings. The van der Waals surface area contributed by atoms with E-state index < -0.39 is 0 Å². The summed E-state index contributed by atoms with van der Waals surface area (Å²) in [4.78, 5) is 4.04. The molecule has 1 aromatic rings. The van der Waals surface area contributed by atoms with E-state index in [0.717, 1.165) is 19.4 Å². The maximum Gasteiger partial charge on any atom is 0.158 e. The van der Waals surface area contributed by atoms with E-state index >= 15 is 0 Å². The largest absolute Gasteiger partial charge is 0.348 e. The Labute approximate surface area is 103 Å². The van der Waals surface area contributed by atoms with Crippen molar-refractivity contribution in [3.63, 3.8) is 0 Å². The number of imidazole rings is 1. The summed E-state index contributed by atoms with van der Waals surface area (Å²) < 4.78 is 13.9. The van der Waals surface area contributed by atoms with Crippen LogP contribution in [0.3, 0.4) is 0 Å². The Kier molecular flexibility index (Phi) is 3.84. The highest BCUT2D eigenvalue weighted by Gasteiger charge is 2.26.